The summed E-state index contributed by atoms with van der Waals surface area (Å²) in [7, 11) is 1.84. The van der Waals surface area contributed by atoms with Gasteiger partial charge in [0.2, 0.25) is 0 Å². The first-order valence-electron chi connectivity index (χ1n) is 6.03. The first kappa shape index (κ1) is 12.6. The van der Waals surface area contributed by atoms with Crippen molar-refractivity contribution in [2.45, 2.75) is 6.92 Å². The average Bonchev–Trinajstić information content (AvgIpc) is 3.10. The number of carbonyl (C=O) groups is 1. The first-order valence-corrected chi connectivity index (χ1v) is 6.91. The third-order valence-electron chi connectivity index (χ3n) is 2.90. The van der Waals surface area contributed by atoms with Crippen LogP contribution in [0.2, 0.25) is 0 Å². The zero-order valence-electron chi connectivity index (χ0n) is 11.0. The van der Waals surface area contributed by atoms with E-state index in [-0.39, 0.29) is 5.91 Å². The Morgan fingerprint density at radius 3 is 3.00 bits per heavy atom. The molecule has 3 aromatic heterocycles. The molecule has 0 bridgehead atoms. The highest BCUT2D eigenvalue weighted by molar-refractivity contribution is 7.09. The molecule has 0 unspecified atom stereocenters. The van der Waals surface area contributed by atoms with Crippen molar-refractivity contribution < 1.29 is 4.79 Å². The van der Waals surface area contributed by atoms with Gasteiger partial charge in [0, 0.05) is 30.3 Å². The van der Waals surface area contributed by atoms with E-state index < -0.39 is 0 Å². The van der Waals surface area contributed by atoms with Crippen LogP contribution in [0.1, 0.15) is 15.5 Å². The van der Waals surface area contributed by atoms with Crippen LogP contribution < -0.4 is 5.32 Å². The highest BCUT2D eigenvalue weighted by Crippen LogP contribution is 2.23. The van der Waals surface area contributed by atoms with Crippen LogP contribution >= 0.6 is 11.3 Å². The molecular formula is C13H13N5OS. The fourth-order valence-corrected chi connectivity index (χ4v) is 2.56. The summed E-state index contributed by atoms with van der Waals surface area (Å²) in [6, 6.07) is 3.53. The largest absolute Gasteiger partial charge is 0.346 e. The minimum absolute atomic E-state index is 0.185. The molecule has 0 atom stereocenters. The number of rotatable bonds is 3. The molecule has 0 saturated carbocycles. The molecule has 0 aromatic carbocycles. The van der Waals surface area contributed by atoms with E-state index in [1.807, 2.05) is 31.6 Å². The number of nitrogens with one attached hydrogen (secondary N) is 2. The Labute approximate surface area is 119 Å². The molecular weight excluding hydrogens is 274 g/mol. The number of amides is 1. The number of nitrogens with zero attached hydrogens (tertiary/aromatic N) is 3. The molecule has 0 spiro atoms. The summed E-state index contributed by atoms with van der Waals surface area (Å²) in [4.78, 5) is 16.6. The van der Waals surface area contributed by atoms with Gasteiger partial charge in [-0.15, -0.1) is 11.3 Å². The number of aryl methyl sites for hydroxylation is 2. The minimum atomic E-state index is -0.185. The second kappa shape index (κ2) is 4.93. The highest BCUT2D eigenvalue weighted by atomic mass is 32.1. The van der Waals surface area contributed by atoms with E-state index in [2.05, 4.69) is 20.5 Å². The van der Waals surface area contributed by atoms with Gasteiger partial charge in [0.05, 0.1) is 16.9 Å². The summed E-state index contributed by atoms with van der Waals surface area (Å²) < 4.78 is 1.79. The predicted octanol–water partition coefficient (Wildman–Crippen LogP) is 2.43. The van der Waals surface area contributed by atoms with Crippen LogP contribution in [0.5, 0.6) is 0 Å². The molecule has 2 N–H and O–H groups in total. The quantitative estimate of drug-likeness (QED) is 0.777. The van der Waals surface area contributed by atoms with Crippen LogP contribution in [0.4, 0.5) is 5.82 Å². The van der Waals surface area contributed by atoms with E-state index in [1.165, 1.54) is 0 Å². The topological polar surface area (TPSA) is 75.6 Å². The molecule has 0 aliphatic rings. The van der Waals surface area contributed by atoms with E-state index in [0.717, 1.165) is 16.3 Å². The number of hydrogen-bond donors (Lipinski definition) is 2. The normalized spacial score (nSPS) is 10.7. The van der Waals surface area contributed by atoms with E-state index in [0.29, 0.717) is 11.5 Å². The molecule has 0 aliphatic carbocycles. The maximum Gasteiger partial charge on any atom is 0.273 e. The summed E-state index contributed by atoms with van der Waals surface area (Å²) in [5.41, 5.74) is 2.40. The monoisotopic (exact) mass is 287 g/mol. The summed E-state index contributed by atoms with van der Waals surface area (Å²) in [6.07, 6.45) is 3.49. The van der Waals surface area contributed by atoms with Crippen molar-refractivity contribution in [2.24, 2.45) is 7.05 Å². The molecule has 0 aliphatic heterocycles. The van der Waals surface area contributed by atoms with Crippen LogP contribution in [0.25, 0.3) is 11.3 Å². The van der Waals surface area contributed by atoms with Crippen LogP contribution in [-0.2, 0) is 7.05 Å². The fourth-order valence-electron chi connectivity index (χ4n) is 1.94. The fraction of sp³-hybridized carbons (Fsp3) is 0.154. The second-order valence-electron chi connectivity index (χ2n) is 4.40. The van der Waals surface area contributed by atoms with Crippen molar-refractivity contribution in [1.82, 2.24) is 19.7 Å². The van der Waals surface area contributed by atoms with Crippen molar-refractivity contribution in [2.75, 3.05) is 5.32 Å². The van der Waals surface area contributed by atoms with Gasteiger partial charge in [0.1, 0.15) is 11.5 Å². The van der Waals surface area contributed by atoms with Gasteiger partial charge in [0.25, 0.3) is 5.91 Å². The number of anilines is 1. The third-order valence-corrected chi connectivity index (χ3v) is 3.67. The zero-order valence-corrected chi connectivity index (χ0v) is 11.9. The second-order valence-corrected chi connectivity index (χ2v) is 5.46. The maximum absolute atomic E-state index is 12.2. The first-order chi connectivity index (χ1) is 9.63. The van der Waals surface area contributed by atoms with Crippen LogP contribution in [0.3, 0.4) is 0 Å². The summed E-state index contributed by atoms with van der Waals surface area (Å²) in [6.45, 7) is 1.96. The molecule has 3 aromatic rings. The minimum Gasteiger partial charge on any atom is -0.346 e. The Balaban J connectivity index is 1.87. The van der Waals surface area contributed by atoms with Gasteiger partial charge in [-0.3, -0.25) is 9.89 Å². The van der Waals surface area contributed by atoms with Crippen LogP contribution in [0.15, 0.2) is 29.9 Å². The molecule has 7 heteroatoms. The van der Waals surface area contributed by atoms with Crippen molar-refractivity contribution in [1.29, 1.82) is 0 Å². The van der Waals surface area contributed by atoms with Gasteiger partial charge in [-0.05, 0) is 13.0 Å². The lowest BCUT2D eigenvalue weighted by molar-refractivity contribution is 0.101. The maximum atomic E-state index is 12.2. The molecule has 102 valence electrons. The van der Waals surface area contributed by atoms with E-state index in [4.69, 9.17) is 0 Å². The van der Waals surface area contributed by atoms with Crippen LogP contribution in [-0.4, -0.2) is 25.7 Å². The molecule has 6 nitrogen and oxygen atoms in total. The van der Waals surface area contributed by atoms with E-state index in [1.54, 1.807) is 28.2 Å². The van der Waals surface area contributed by atoms with Gasteiger partial charge >= 0.3 is 0 Å². The number of H-pyrrole nitrogens is 1. The molecule has 0 saturated heterocycles. The Morgan fingerprint density at radius 1 is 1.50 bits per heavy atom. The number of aromatic nitrogens is 4. The summed E-state index contributed by atoms with van der Waals surface area (Å²) >= 11 is 1.59. The number of carbonyl (C=O) groups excluding carboxylic acids is 1. The van der Waals surface area contributed by atoms with E-state index >= 15 is 0 Å². The lowest BCUT2D eigenvalue weighted by atomic mass is 10.2. The SMILES string of the molecule is Cc1nc(-c2cc(C(=O)Nc3ccn[nH]3)n(C)c2)cs1. The molecule has 0 fully saturated rings. The Morgan fingerprint density at radius 2 is 2.35 bits per heavy atom. The van der Waals surface area contributed by atoms with Crippen molar-refractivity contribution in [3.8, 4) is 11.3 Å². The van der Waals surface area contributed by atoms with Crippen LogP contribution in [0, 0.1) is 6.92 Å². The third kappa shape index (κ3) is 2.35. The van der Waals surface area contributed by atoms with Crippen molar-refractivity contribution in [3.63, 3.8) is 0 Å². The van der Waals surface area contributed by atoms with Gasteiger partial charge in [0.15, 0.2) is 0 Å². The van der Waals surface area contributed by atoms with Gasteiger partial charge in [-0.25, -0.2) is 4.98 Å². The Kier molecular flexibility index (Phi) is 3.11. The van der Waals surface area contributed by atoms with Crippen molar-refractivity contribution in [3.05, 3.63) is 40.6 Å². The average molecular weight is 287 g/mol. The van der Waals surface area contributed by atoms with Gasteiger partial charge in [-0.1, -0.05) is 0 Å². The number of thiazole rings is 1. The lowest BCUT2D eigenvalue weighted by Crippen LogP contribution is -2.15. The predicted molar refractivity (Wildman–Crippen MR) is 77.8 cm³/mol. The summed E-state index contributed by atoms with van der Waals surface area (Å²) in [5.74, 6) is 0.386. The lowest BCUT2D eigenvalue weighted by Gasteiger charge is -2.02. The number of aromatic amines is 1. The summed E-state index contributed by atoms with van der Waals surface area (Å²) in [5, 5.41) is 12.2. The number of hydrogen-bond acceptors (Lipinski definition) is 4. The van der Waals surface area contributed by atoms with Gasteiger partial charge < -0.3 is 9.88 Å². The van der Waals surface area contributed by atoms with E-state index in [9.17, 15) is 4.79 Å². The molecule has 3 rings (SSSR count). The molecule has 0 radical (unpaired) electrons. The Bertz CT molecular complexity index is 741. The highest BCUT2D eigenvalue weighted by Gasteiger charge is 2.14. The zero-order chi connectivity index (χ0) is 14.1. The molecule has 20 heavy (non-hydrogen) atoms. The van der Waals surface area contributed by atoms with Gasteiger partial charge in [-0.2, -0.15) is 5.10 Å². The smallest absolute Gasteiger partial charge is 0.273 e. The standard InChI is InChI=1S/C13H13N5OS/c1-8-15-10(7-20-8)9-5-11(18(2)6-9)13(19)16-12-3-4-14-17-12/h3-7H,1-2H3,(H2,14,16,17,19). The van der Waals surface area contributed by atoms with Crippen molar-refractivity contribution >= 4 is 23.1 Å². The molecule has 3 heterocycles. The molecule has 1 amide bonds. The Hall–Kier alpha value is -2.41.